The van der Waals surface area contributed by atoms with Crippen molar-refractivity contribution in [2.45, 2.75) is 13.8 Å². The third kappa shape index (κ3) is 4.07. The molecule has 0 bridgehead atoms. The molecule has 0 aliphatic rings. The average molecular weight is 347 g/mol. The van der Waals surface area contributed by atoms with E-state index in [0.29, 0.717) is 22.9 Å². The predicted molar refractivity (Wildman–Crippen MR) is 101 cm³/mol. The van der Waals surface area contributed by atoms with E-state index in [1.165, 1.54) is 12.1 Å². The van der Waals surface area contributed by atoms with Crippen LogP contribution in [0.25, 0.3) is 11.4 Å². The molecule has 26 heavy (non-hydrogen) atoms. The number of non-ortho nitro benzene ring substituents is 1. The minimum atomic E-state index is -0.426. The first-order chi connectivity index (χ1) is 12.5. The van der Waals surface area contributed by atoms with Crippen LogP contribution in [0.5, 0.6) is 0 Å². The fourth-order valence-corrected chi connectivity index (χ4v) is 2.39. The molecule has 7 nitrogen and oxygen atoms in total. The molecule has 2 aromatic carbocycles. The van der Waals surface area contributed by atoms with E-state index in [1.807, 2.05) is 37.3 Å². The quantitative estimate of drug-likeness (QED) is 0.424. The third-order valence-electron chi connectivity index (χ3n) is 3.70. The molecule has 1 heterocycles. The van der Waals surface area contributed by atoms with Gasteiger partial charge in [-0.25, -0.2) is 9.97 Å². The predicted octanol–water partition coefficient (Wildman–Crippen LogP) is 4.20. The Morgan fingerprint density at radius 3 is 2.58 bits per heavy atom. The molecule has 0 saturated carbocycles. The van der Waals surface area contributed by atoms with Crippen LogP contribution >= 0.6 is 0 Å². The van der Waals surface area contributed by atoms with Gasteiger partial charge in [-0.15, -0.1) is 0 Å². The number of benzene rings is 2. The highest BCUT2D eigenvalue weighted by Crippen LogP contribution is 2.18. The van der Waals surface area contributed by atoms with Crippen molar-refractivity contribution in [3.8, 4) is 11.4 Å². The molecule has 0 atom stereocenters. The molecule has 0 aliphatic carbocycles. The number of aromatic nitrogens is 2. The van der Waals surface area contributed by atoms with Crippen molar-refractivity contribution >= 4 is 17.2 Å². The molecular weight excluding hydrogens is 330 g/mol. The van der Waals surface area contributed by atoms with E-state index >= 15 is 0 Å². The summed E-state index contributed by atoms with van der Waals surface area (Å²) >= 11 is 0. The number of hydrazone groups is 1. The van der Waals surface area contributed by atoms with Gasteiger partial charge in [0.05, 0.1) is 10.6 Å². The second-order valence-electron chi connectivity index (χ2n) is 5.70. The van der Waals surface area contributed by atoms with Gasteiger partial charge >= 0.3 is 0 Å². The first-order valence-corrected chi connectivity index (χ1v) is 7.99. The Bertz CT molecular complexity index is 971. The topological polar surface area (TPSA) is 93.3 Å². The van der Waals surface area contributed by atoms with E-state index in [2.05, 4.69) is 20.5 Å². The highest BCUT2D eigenvalue weighted by molar-refractivity contribution is 5.99. The van der Waals surface area contributed by atoms with Gasteiger partial charge in [-0.2, -0.15) is 5.10 Å². The molecule has 0 fully saturated rings. The second-order valence-corrected chi connectivity index (χ2v) is 5.70. The van der Waals surface area contributed by atoms with Crippen LogP contribution in [0, 0.1) is 17.0 Å². The number of nitro groups is 1. The number of nitrogens with one attached hydrogen (secondary N) is 1. The Morgan fingerprint density at radius 2 is 1.85 bits per heavy atom. The molecule has 0 amide bonds. The summed E-state index contributed by atoms with van der Waals surface area (Å²) in [4.78, 5) is 19.4. The van der Waals surface area contributed by atoms with Crippen LogP contribution in [-0.2, 0) is 0 Å². The summed E-state index contributed by atoms with van der Waals surface area (Å²) in [6, 6.07) is 17.8. The average Bonchev–Trinajstić information content (AvgIpc) is 2.66. The molecule has 3 aromatic rings. The van der Waals surface area contributed by atoms with Crippen molar-refractivity contribution in [1.82, 2.24) is 9.97 Å². The van der Waals surface area contributed by atoms with Gasteiger partial charge in [0.15, 0.2) is 11.6 Å². The van der Waals surface area contributed by atoms with Gasteiger partial charge in [-0.1, -0.05) is 42.5 Å². The van der Waals surface area contributed by atoms with E-state index in [-0.39, 0.29) is 5.69 Å². The molecule has 0 saturated heterocycles. The van der Waals surface area contributed by atoms with Crippen molar-refractivity contribution in [3.63, 3.8) is 0 Å². The molecule has 7 heteroatoms. The minimum absolute atomic E-state index is 0.0290. The van der Waals surface area contributed by atoms with Crippen LogP contribution in [0.4, 0.5) is 11.5 Å². The van der Waals surface area contributed by atoms with Crippen molar-refractivity contribution in [2.24, 2.45) is 5.10 Å². The van der Waals surface area contributed by atoms with Crippen LogP contribution in [0.1, 0.15) is 18.2 Å². The fourth-order valence-electron chi connectivity index (χ4n) is 2.39. The van der Waals surface area contributed by atoms with Crippen LogP contribution < -0.4 is 5.43 Å². The Kier molecular flexibility index (Phi) is 4.98. The molecule has 0 aliphatic heterocycles. The number of hydrogen-bond acceptors (Lipinski definition) is 6. The Morgan fingerprint density at radius 1 is 1.08 bits per heavy atom. The van der Waals surface area contributed by atoms with E-state index in [1.54, 1.807) is 25.1 Å². The fraction of sp³-hybridized carbons (Fsp3) is 0.105. The molecule has 0 unspecified atom stereocenters. The maximum Gasteiger partial charge on any atom is 0.270 e. The lowest BCUT2D eigenvalue weighted by Crippen LogP contribution is -2.03. The van der Waals surface area contributed by atoms with Crippen molar-refractivity contribution in [3.05, 3.63) is 82.0 Å². The van der Waals surface area contributed by atoms with Crippen LogP contribution in [-0.4, -0.2) is 20.6 Å². The summed E-state index contributed by atoms with van der Waals surface area (Å²) in [6.07, 6.45) is 0. The normalized spacial score (nSPS) is 11.2. The van der Waals surface area contributed by atoms with E-state index < -0.39 is 4.92 Å². The number of aryl methyl sites for hydroxylation is 1. The largest absolute Gasteiger partial charge is 0.270 e. The first kappa shape index (κ1) is 17.2. The maximum atomic E-state index is 10.9. The molecule has 0 radical (unpaired) electrons. The van der Waals surface area contributed by atoms with E-state index in [4.69, 9.17) is 0 Å². The Labute approximate surface area is 150 Å². The molecule has 1 aromatic heterocycles. The summed E-state index contributed by atoms with van der Waals surface area (Å²) < 4.78 is 0. The zero-order valence-electron chi connectivity index (χ0n) is 14.4. The summed E-state index contributed by atoms with van der Waals surface area (Å²) in [5.74, 6) is 1.16. The van der Waals surface area contributed by atoms with Gasteiger partial charge < -0.3 is 0 Å². The highest BCUT2D eigenvalue weighted by Gasteiger charge is 2.08. The monoisotopic (exact) mass is 347 g/mol. The molecule has 1 N–H and O–H groups in total. The minimum Gasteiger partial charge on any atom is -0.261 e. The SMILES string of the molecule is C/C(=N\Nc1cc(C)nc(-c2ccccc2)n1)c1cccc([N+](=O)[O-])c1. The maximum absolute atomic E-state index is 10.9. The van der Waals surface area contributed by atoms with Gasteiger partial charge in [0.25, 0.3) is 5.69 Å². The molecule has 0 spiro atoms. The lowest BCUT2D eigenvalue weighted by molar-refractivity contribution is -0.384. The Balaban J connectivity index is 1.85. The van der Waals surface area contributed by atoms with E-state index in [0.717, 1.165) is 11.3 Å². The van der Waals surface area contributed by atoms with Crippen LogP contribution in [0.3, 0.4) is 0 Å². The highest BCUT2D eigenvalue weighted by atomic mass is 16.6. The lowest BCUT2D eigenvalue weighted by Gasteiger charge is -2.07. The number of rotatable bonds is 5. The summed E-state index contributed by atoms with van der Waals surface area (Å²) in [5, 5.41) is 15.2. The molecular formula is C19H17N5O2. The zero-order chi connectivity index (χ0) is 18.5. The van der Waals surface area contributed by atoms with Crippen LogP contribution in [0.2, 0.25) is 0 Å². The molecule has 3 rings (SSSR count). The summed E-state index contributed by atoms with van der Waals surface area (Å²) in [5.41, 5.74) is 5.95. The summed E-state index contributed by atoms with van der Waals surface area (Å²) in [6.45, 7) is 3.66. The third-order valence-corrected chi connectivity index (χ3v) is 3.70. The number of anilines is 1. The van der Waals surface area contributed by atoms with Gasteiger partial charge in [0.1, 0.15) is 0 Å². The standard InChI is InChI=1S/C19H17N5O2/c1-13-11-18(21-19(20-13)15-7-4-3-5-8-15)23-22-14(2)16-9-6-10-17(12-16)24(25)26/h3-12H,1-2H3,(H,20,21,23)/b22-14+. The summed E-state index contributed by atoms with van der Waals surface area (Å²) in [7, 11) is 0. The number of hydrogen-bond donors (Lipinski definition) is 1. The van der Waals surface area contributed by atoms with Crippen LogP contribution in [0.15, 0.2) is 65.8 Å². The Hall–Kier alpha value is -3.61. The van der Waals surface area contributed by atoms with Crippen molar-refractivity contribution in [2.75, 3.05) is 5.43 Å². The molecule has 130 valence electrons. The number of nitrogens with zero attached hydrogens (tertiary/aromatic N) is 4. The lowest BCUT2D eigenvalue weighted by atomic mass is 10.1. The number of nitro benzene ring substituents is 1. The van der Waals surface area contributed by atoms with Gasteiger partial charge in [0, 0.05) is 35.0 Å². The zero-order valence-corrected chi connectivity index (χ0v) is 14.4. The van der Waals surface area contributed by atoms with Crippen molar-refractivity contribution < 1.29 is 4.92 Å². The smallest absolute Gasteiger partial charge is 0.261 e. The second kappa shape index (κ2) is 7.52. The van der Waals surface area contributed by atoms with Gasteiger partial charge in [-0.05, 0) is 13.8 Å². The van der Waals surface area contributed by atoms with Crippen molar-refractivity contribution in [1.29, 1.82) is 0 Å². The van der Waals surface area contributed by atoms with Gasteiger partial charge in [-0.3, -0.25) is 15.5 Å². The van der Waals surface area contributed by atoms with E-state index in [9.17, 15) is 10.1 Å². The van der Waals surface area contributed by atoms with Gasteiger partial charge in [0.2, 0.25) is 0 Å². The first-order valence-electron chi connectivity index (χ1n) is 7.99.